The van der Waals surface area contributed by atoms with E-state index in [-0.39, 0.29) is 5.69 Å². The van der Waals surface area contributed by atoms with Gasteiger partial charge in [0.1, 0.15) is 0 Å². The molecule has 2 aromatic carbocycles. The van der Waals surface area contributed by atoms with E-state index in [0.29, 0.717) is 16.8 Å². The number of carbonyl (C=O) groups is 2. The highest BCUT2D eigenvalue weighted by Crippen LogP contribution is 2.25. The molecule has 0 bridgehead atoms. The van der Waals surface area contributed by atoms with Gasteiger partial charge < -0.3 is 10.1 Å². The molecule has 0 aliphatic rings. The number of aryl methyl sites for hydroxylation is 1. The number of anilines is 2. The van der Waals surface area contributed by atoms with Gasteiger partial charge in [-0.1, -0.05) is 60.2 Å². The van der Waals surface area contributed by atoms with Gasteiger partial charge in [-0.05, 0) is 12.5 Å². The summed E-state index contributed by atoms with van der Waals surface area (Å²) in [7, 11) is 0. The summed E-state index contributed by atoms with van der Waals surface area (Å²) < 4.78 is 5.09. The molecule has 0 radical (unpaired) electrons. The zero-order valence-electron chi connectivity index (χ0n) is 17.2. The second-order valence-electron chi connectivity index (χ2n) is 6.91. The number of hydrogen-bond acceptors (Lipinski definition) is 8. The average molecular weight is 465 g/mol. The van der Waals surface area contributed by atoms with E-state index < -0.39 is 18.5 Å². The number of ether oxygens (including phenoxy) is 1. The molecular weight excluding hydrogens is 444 g/mol. The van der Waals surface area contributed by atoms with Gasteiger partial charge in [-0.15, -0.1) is 22.7 Å². The number of thiazole rings is 2. The lowest BCUT2D eigenvalue weighted by Crippen LogP contribution is -2.21. The van der Waals surface area contributed by atoms with E-state index in [2.05, 4.69) is 20.6 Å². The molecule has 2 N–H and O–H groups in total. The van der Waals surface area contributed by atoms with Crippen LogP contribution in [0.4, 0.5) is 10.3 Å². The maximum absolute atomic E-state index is 12.2. The lowest BCUT2D eigenvalue weighted by atomic mass is 10.1. The molecule has 1 amide bonds. The lowest BCUT2D eigenvalue weighted by Gasteiger charge is -2.03. The van der Waals surface area contributed by atoms with Crippen LogP contribution in [-0.4, -0.2) is 28.5 Å². The maximum atomic E-state index is 12.2. The van der Waals surface area contributed by atoms with Crippen LogP contribution in [0.2, 0.25) is 0 Å². The number of esters is 1. The number of nitrogens with zero attached hydrogens (tertiary/aromatic N) is 2. The number of hydrogen-bond donors (Lipinski definition) is 2. The Hall–Kier alpha value is -3.56. The van der Waals surface area contributed by atoms with Gasteiger partial charge in [0.15, 0.2) is 22.6 Å². The third-order valence-corrected chi connectivity index (χ3v) is 5.99. The Morgan fingerprint density at radius 2 is 1.69 bits per heavy atom. The van der Waals surface area contributed by atoms with Crippen LogP contribution in [0.15, 0.2) is 65.4 Å². The molecule has 0 aliphatic carbocycles. The highest BCUT2D eigenvalue weighted by Gasteiger charge is 2.15. The number of benzene rings is 2. The smallest absolute Gasteiger partial charge is 0.358 e. The van der Waals surface area contributed by atoms with Crippen molar-refractivity contribution in [2.45, 2.75) is 13.5 Å². The SMILES string of the molecule is Cc1ccc(-c2csc(NC(=O)COC(=O)c3csc(NCc4ccccc4)n3)n2)cc1. The summed E-state index contributed by atoms with van der Waals surface area (Å²) in [5.41, 5.74) is 4.18. The van der Waals surface area contributed by atoms with Gasteiger partial charge >= 0.3 is 5.97 Å². The standard InChI is InChI=1S/C23H20N4O3S2/c1-15-7-9-17(10-8-15)18-13-32-23(25-18)27-20(28)12-30-21(29)19-14-31-22(26-19)24-11-16-5-3-2-4-6-16/h2-10,13-14H,11-12H2,1H3,(H,24,26)(H,25,27,28). The summed E-state index contributed by atoms with van der Waals surface area (Å²) in [6, 6.07) is 17.9. The summed E-state index contributed by atoms with van der Waals surface area (Å²) in [5.74, 6) is -1.11. The highest BCUT2D eigenvalue weighted by atomic mass is 32.1. The van der Waals surface area contributed by atoms with Crippen molar-refractivity contribution in [3.8, 4) is 11.3 Å². The number of carbonyl (C=O) groups excluding carboxylic acids is 2. The van der Waals surface area contributed by atoms with Crippen LogP contribution in [0.5, 0.6) is 0 Å². The lowest BCUT2D eigenvalue weighted by molar-refractivity contribution is -0.119. The summed E-state index contributed by atoms with van der Waals surface area (Å²) in [4.78, 5) is 33.0. The average Bonchev–Trinajstić information content (AvgIpc) is 3.47. The Balaban J connectivity index is 1.25. The molecule has 9 heteroatoms. The largest absolute Gasteiger partial charge is 0.451 e. The second kappa shape index (κ2) is 10.2. The van der Waals surface area contributed by atoms with E-state index in [1.165, 1.54) is 28.2 Å². The van der Waals surface area contributed by atoms with Gasteiger partial charge in [0.05, 0.1) is 5.69 Å². The minimum atomic E-state index is -0.649. The van der Waals surface area contributed by atoms with Crippen molar-refractivity contribution in [1.29, 1.82) is 0 Å². The predicted molar refractivity (Wildman–Crippen MR) is 127 cm³/mol. The first-order chi connectivity index (χ1) is 15.6. The van der Waals surface area contributed by atoms with Crippen molar-refractivity contribution in [2.24, 2.45) is 0 Å². The summed E-state index contributed by atoms with van der Waals surface area (Å²) in [6.07, 6.45) is 0. The quantitative estimate of drug-likeness (QED) is 0.357. The molecule has 0 atom stereocenters. The minimum Gasteiger partial charge on any atom is -0.451 e. The molecule has 0 spiro atoms. The fraction of sp³-hybridized carbons (Fsp3) is 0.130. The van der Waals surface area contributed by atoms with E-state index >= 15 is 0 Å². The first-order valence-electron chi connectivity index (χ1n) is 9.80. The number of nitrogens with one attached hydrogen (secondary N) is 2. The predicted octanol–water partition coefficient (Wildman–Crippen LogP) is 4.98. The normalized spacial score (nSPS) is 10.5. The minimum absolute atomic E-state index is 0.161. The van der Waals surface area contributed by atoms with Crippen LogP contribution in [-0.2, 0) is 16.1 Å². The van der Waals surface area contributed by atoms with Crippen LogP contribution in [0.3, 0.4) is 0 Å². The molecule has 32 heavy (non-hydrogen) atoms. The molecule has 0 saturated heterocycles. The third-order valence-electron chi connectivity index (χ3n) is 4.43. The van der Waals surface area contributed by atoms with E-state index in [0.717, 1.165) is 16.8 Å². The molecule has 0 aliphatic heterocycles. The van der Waals surface area contributed by atoms with Gasteiger partial charge in [0.25, 0.3) is 5.91 Å². The number of rotatable bonds is 8. The molecule has 7 nitrogen and oxygen atoms in total. The van der Waals surface area contributed by atoms with Crippen LogP contribution in [0.25, 0.3) is 11.3 Å². The summed E-state index contributed by atoms with van der Waals surface area (Å²) >= 11 is 2.62. The molecule has 2 aromatic heterocycles. The Morgan fingerprint density at radius 3 is 2.47 bits per heavy atom. The Kier molecular flexibility index (Phi) is 6.88. The zero-order valence-corrected chi connectivity index (χ0v) is 18.8. The second-order valence-corrected chi connectivity index (χ2v) is 8.62. The molecule has 0 saturated carbocycles. The molecule has 2 heterocycles. The van der Waals surface area contributed by atoms with Gasteiger partial charge in [-0.2, -0.15) is 0 Å². The number of amides is 1. The van der Waals surface area contributed by atoms with E-state index in [4.69, 9.17) is 4.74 Å². The molecule has 0 unspecified atom stereocenters. The first-order valence-corrected chi connectivity index (χ1v) is 11.6. The van der Waals surface area contributed by atoms with Crippen molar-refractivity contribution in [2.75, 3.05) is 17.2 Å². The molecular formula is C23H20N4O3S2. The van der Waals surface area contributed by atoms with Gasteiger partial charge in [0.2, 0.25) is 0 Å². The molecule has 162 valence electrons. The summed E-state index contributed by atoms with van der Waals surface area (Å²) in [5, 5.41) is 10.3. The van der Waals surface area contributed by atoms with Crippen LogP contribution < -0.4 is 10.6 Å². The van der Waals surface area contributed by atoms with Crippen molar-refractivity contribution in [3.05, 3.63) is 82.2 Å². The molecule has 0 fully saturated rings. The first kappa shape index (κ1) is 21.7. The van der Waals surface area contributed by atoms with Crippen LogP contribution >= 0.6 is 22.7 Å². The van der Waals surface area contributed by atoms with Crippen molar-refractivity contribution in [1.82, 2.24) is 9.97 Å². The fourth-order valence-corrected chi connectivity index (χ4v) is 4.19. The van der Waals surface area contributed by atoms with Crippen molar-refractivity contribution in [3.63, 3.8) is 0 Å². The van der Waals surface area contributed by atoms with Gasteiger partial charge in [-0.3, -0.25) is 10.1 Å². The maximum Gasteiger partial charge on any atom is 0.358 e. The Labute approximate surface area is 193 Å². The molecule has 4 rings (SSSR count). The van der Waals surface area contributed by atoms with Gasteiger partial charge in [-0.25, -0.2) is 14.8 Å². The monoisotopic (exact) mass is 464 g/mol. The zero-order chi connectivity index (χ0) is 22.3. The van der Waals surface area contributed by atoms with E-state index in [1.807, 2.05) is 66.9 Å². The summed E-state index contributed by atoms with van der Waals surface area (Å²) in [6.45, 7) is 2.21. The van der Waals surface area contributed by atoms with E-state index in [9.17, 15) is 9.59 Å². The third kappa shape index (κ3) is 5.77. The van der Waals surface area contributed by atoms with Crippen molar-refractivity contribution >= 4 is 44.8 Å². The number of aromatic nitrogens is 2. The fourth-order valence-electron chi connectivity index (χ4n) is 2.77. The van der Waals surface area contributed by atoms with Crippen molar-refractivity contribution < 1.29 is 14.3 Å². The van der Waals surface area contributed by atoms with Gasteiger partial charge in [0, 0.05) is 22.9 Å². The molecule has 4 aromatic rings. The highest BCUT2D eigenvalue weighted by molar-refractivity contribution is 7.14. The van der Waals surface area contributed by atoms with Crippen LogP contribution in [0.1, 0.15) is 21.6 Å². The van der Waals surface area contributed by atoms with Crippen LogP contribution in [0, 0.1) is 6.92 Å². The van der Waals surface area contributed by atoms with E-state index in [1.54, 1.807) is 5.38 Å². The Bertz CT molecular complexity index is 1200. The topological polar surface area (TPSA) is 93.2 Å². The Morgan fingerprint density at radius 1 is 0.938 bits per heavy atom.